The Balaban J connectivity index is 1.16. The average molecular weight is 651 g/mol. The van der Waals surface area contributed by atoms with Gasteiger partial charge in [0.05, 0.1) is 0 Å². The molecule has 0 bridgehead atoms. The zero-order valence-corrected chi connectivity index (χ0v) is 28.5. The minimum Gasteiger partial charge on any atom is -0.0760 e. The summed E-state index contributed by atoms with van der Waals surface area (Å²) in [6.45, 7) is 0. The fourth-order valence-electron chi connectivity index (χ4n) is 6.88. The van der Waals surface area contributed by atoms with Crippen molar-refractivity contribution in [1.82, 2.24) is 0 Å². The first-order valence-corrected chi connectivity index (χ1v) is 19.3. The summed E-state index contributed by atoms with van der Waals surface area (Å²) in [5.74, 6) is 0.645. The summed E-state index contributed by atoms with van der Waals surface area (Å²) in [5.41, 5.74) is 5.18. The largest absolute Gasteiger partial charge is 0.0760 e. The van der Waals surface area contributed by atoms with Crippen LogP contribution < -0.4 is 21.2 Å². The maximum atomic E-state index is 2.55. The minimum absolute atomic E-state index is 0.323. The van der Waals surface area contributed by atoms with Gasteiger partial charge in [-0.25, -0.2) is 0 Å². The molecule has 0 amide bonds. The molecule has 0 aromatic heterocycles. The molecule has 6 aromatic carbocycles. The number of rotatable bonds is 9. The van der Waals surface area contributed by atoms with E-state index in [0.717, 1.165) is 0 Å². The normalized spacial score (nSPS) is 17.9. The van der Waals surface area contributed by atoms with Gasteiger partial charge < -0.3 is 0 Å². The Labute approximate surface area is 287 Å². The van der Waals surface area contributed by atoms with E-state index >= 15 is 0 Å². The molecule has 0 N–H and O–H groups in total. The smallest absolute Gasteiger partial charge is 0.00575 e. The molecule has 0 saturated heterocycles. The molecule has 2 heteroatoms. The second-order valence-electron chi connectivity index (χ2n) is 12.2. The lowest BCUT2D eigenvalue weighted by atomic mass is 9.96. The summed E-state index contributed by atoms with van der Waals surface area (Å²) in [5, 5.41) is 8.44. The van der Waals surface area contributed by atoms with Gasteiger partial charge in [-0.2, -0.15) is 0 Å². The van der Waals surface area contributed by atoms with Crippen LogP contribution in [-0.4, -0.2) is 0 Å². The lowest BCUT2D eigenvalue weighted by Crippen LogP contribution is -2.15. The van der Waals surface area contributed by atoms with Crippen LogP contribution in [0.15, 0.2) is 217 Å². The van der Waals surface area contributed by atoms with E-state index in [2.05, 4.69) is 206 Å². The topological polar surface area (TPSA) is 0 Å². The van der Waals surface area contributed by atoms with Crippen LogP contribution in [0.1, 0.15) is 0 Å². The van der Waals surface area contributed by atoms with E-state index in [9.17, 15) is 0 Å². The van der Waals surface area contributed by atoms with Gasteiger partial charge in [0.2, 0.25) is 0 Å². The molecule has 2 aliphatic carbocycles. The highest BCUT2D eigenvalue weighted by Gasteiger charge is 2.29. The molecule has 0 radical (unpaired) electrons. The van der Waals surface area contributed by atoms with E-state index < -0.39 is 15.8 Å². The van der Waals surface area contributed by atoms with Crippen LogP contribution in [-0.2, 0) is 0 Å². The second-order valence-corrected chi connectivity index (χ2v) is 16.5. The van der Waals surface area contributed by atoms with Crippen molar-refractivity contribution < 1.29 is 0 Å². The Morgan fingerprint density at radius 3 is 1.06 bits per heavy atom. The first-order chi connectivity index (χ1) is 23.8. The molecule has 230 valence electrons. The van der Waals surface area contributed by atoms with Crippen LogP contribution in [0, 0.1) is 11.8 Å². The Bertz CT molecular complexity index is 1970. The first-order valence-electron chi connectivity index (χ1n) is 16.6. The Kier molecular flexibility index (Phi) is 8.95. The maximum Gasteiger partial charge on any atom is 0.00575 e. The monoisotopic (exact) mass is 650 g/mol. The fourth-order valence-corrected chi connectivity index (χ4v) is 12.0. The van der Waals surface area contributed by atoms with E-state index in [0.29, 0.717) is 11.8 Å². The van der Waals surface area contributed by atoms with E-state index in [1.807, 2.05) is 0 Å². The Morgan fingerprint density at radius 2 is 0.667 bits per heavy atom. The van der Waals surface area contributed by atoms with Crippen molar-refractivity contribution >= 4 is 37.1 Å². The molecule has 48 heavy (non-hydrogen) atoms. The van der Waals surface area contributed by atoms with Crippen LogP contribution in [0.5, 0.6) is 0 Å². The summed E-state index contributed by atoms with van der Waals surface area (Å²) < 4.78 is 0. The van der Waals surface area contributed by atoms with Gasteiger partial charge in [-0.3, -0.25) is 0 Å². The Hall–Kier alpha value is -4.86. The fraction of sp³-hybridized carbons (Fsp3) is 0.0435. The van der Waals surface area contributed by atoms with Crippen LogP contribution >= 0.6 is 15.8 Å². The molecule has 0 heterocycles. The molecule has 0 saturated carbocycles. The standard InChI is InChI=1S/C46H36P2/c1-5-17-35(18-6-1)43-25-13-15-27-45(43)47(39-21-9-3-10-22-39)41-31-29-37(33-41)38-30-32-42(34-38)48(40-23-11-4-12-24-40)46-28-16-14-26-44(46)36-19-7-2-8-20-36/h1-34,37-38H. The summed E-state index contributed by atoms with van der Waals surface area (Å²) >= 11 is 0. The number of hydrogen-bond acceptors (Lipinski definition) is 0. The highest BCUT2D eigenvalue weighted by atomic mass is 31.1. The average Bonchev–Trinajstić information content (AvgIpc) is 3.85. The molecule has 0 aliphatic heterocycles. The number of allylic oxidation sites excluding steroid dienone is 8. The van der Waals surface area contributed by atoms with Crippen LogP contribution in [0.2, 0.25) is 0 Å². The highest BCUT2D eigenvalue weighted by Crippen LogP contribution is 2.52. The van der Waals surface area contributed by atoms with Gasteiger partial charge in [0.1, 0.15) is 0 Å². The zero-order chi connectivity index (χ0) is 32.1. The molecule has 6 aromatic rings. The van der Waals surface area contributed by atoms with E-state index in [1.54, 1.807) is 0 Å². The Morgan fingerprint density at radius 1 is 0.333 bits per heavy atom. The third kappa shape index (κ3) is 6.23. The van der Waals surface area contributed by atoms with Crippen LogP contribution in [0.25, 0.3) is 22.3 Å². The summed E-state index contributed by atoms with van der Waals surface area (Å²) in [6, 6.07) is 61.9. The predicted octanol–water partition coefficient (Wildman–Crippen LogP) is 10.7. The molecular weight excluding hydrogens is 614 g/mol. The maximum absolute atomic E-state index is 2.55. The molecule has 4 unspecified atom stereocenters. The van der Waals surface area contributed by atoms with Crippen molar-refractivity contribution in [2.45, 2.75) is 0 Å². The van der Waals surface area contributed by atoms with Crippen LogP contribution in [0.4, 0.5) is 0 Å². The molecule has 8 rings (SSSR count). The molecule has 0 spiro atoms. The quantitative estimate of drug-likeness (QED) is 0.137. The predicted molar refractivity (Wildman–Crippen MR) is 210 cm³/mol. The van der Waals surface area contributed by atoms with Crippen molar-refractivity contribution in [2.24, 2.45) is 11.8 Å². The number of benzene rings is 6. The van der Waals surface area contributed by atoms with Crippen molar-refractivity contribution in [3.05, 3.63) is 217 Å². The van der Waals surface area contributed by atoms with E-state index in [-0.39, 0.29) is 0 Å². The van der Waals surface area contributed by atoms with Crippen molar-refractivity contribution in [3.63, 3.8) is 0 Å². The molecule has 4 atom stereocenters. The van der Waals surface area contributed by atoms with Crippen molar-refractivity contribution in [2.75, 3.05) is 0 Å². The molecule has 0 fully saturated rings. The molecule has 0 nitrogen and oxygen atoms in total. The third-order valence-electron chi connectivity index (χ3n) is 9.15. The van der Waals surface area contributed by atoms with Crippen molar-refractivity contribution in [1.29, 1.82) is 0 Å². The van der Waals surface area contributed by atoms with Gasteiger partial charge in [-0.05, 0) is 69.9 Å². The van der Waals surface area contributed by atoms with Gasteiger partial charge in [0.15, 0.2) is 0 Å². The summed E-state index contributed by atoms with van der Waals surface area (Å²) in [4.78, 5) is 0. The van der Waals surface area contributed by atoms with Crippen LogP contribution in [0.3, 0.4) is 0 Å². The van der Waals surface area contributed by atoms with Crippen molar-refractivity contribution in [3.8, 4) is 22.3 Å². The minimum atomic E-state index is -0.730. The summed E-state index contributed by atoms with van der Waals surface area (Å²) in [7, 11) is -1.46. The number of hydrogen-bond donors (Lipinski definition) is 0. The SMILES string of the molecule is C1=CC(C2C=CC(P(c3ccccc3)c3ccccc3-c3ccccc3)=C2)C=C1P(c1ccccc1)c1ccccc1-c1ccccc1. The van der Waals surface area contributed by atoms with E-state index in [4.69, 9.17) is 0 Å². The van der Waals surface area contributed by atoms with Gasteiger partial charge in [0.25, 0.3) is 0 Å². The zero-order valence-electron chi connectivity index (χ0n) is 26.7. The molecule has 2 aliphatic rings. The van der Waals surface area contributed by atoms with Gasteiger partial charge in [-0.15, -0.1) is 0 Å². The summed E-state index contributed by atoms with van der Waals surface area (Å²) in [6.07, 6.45) is 14.8. The van der Waals surface area contributed by atoms with Gasteiger partial charge >= 0.3 is 0 Å². The first kappa shape index (κ1) is 30.5. The molecular formula is C46H36P2. The second kappa shape index (κ2) is 14.1. The third-order valence-corrected chi connectivity index (χ3v) is 14.2. The highest BCUT2D eigenvalue weighted by molar-refractivity contribution is 7.77. The van der Waals surface area contributed by atoms with E-state index in [1.165, 1.54) is 54.1 Å². The lowest BCUT2D eigenvalue weighted by Gasteiger charge is -2.23. The van der Waals surface area contributed by atoms with Gasteiger partial charge in [-0.1, -0.05) is 206 Å². The lowest BCUT2D eigenvalue weighted by molar-refractivity contribution is 0.690. The van der Waals surface area contributed by atoms with Gasteiger partial charge in [0, 0.05) is 11.8 Å².